The summed E-state index contributed by atoms with van der Waals surface area (Å²) in [6.07, 6.45) is 8.04. The fraction of sp³-hybridized carbons (Fsp3) is 0.429. The van der Waals surface area contributed by atoms with Crippen LogP contribution in [0.3, 0.4) is 0 Å². The molecule has 0 spiro atoms. The summed E-state index contributed by atoms with van der Waals surface area (Å²) < 4.78 is 18.8. The minimum Gasteiger partial charge on any atom is -0.489 e. The summed E-state index contributed by atoms with van der Waals surface area (Å²) in [5, 5.41) is 3.69. The van der Waals surface area contributed by atoms with Crippen molar-refractivity contribution in [2.75, 3.05) is 0 Å². The molecule has 0 heterocycles. The van der Waals surface area contributed by atoms with Crippen molar-refractivity contribution in [3.05, 3.63) is 65.5 Å². The lowest BCUT2D eigenvalue weighted by Crippen LogP contribution is -2.27. The van der Waals surface area contributed by atoms with Crippen molar-refractivity contribution in [1.29, 1.82) is 0 Å². The summed E-state index contributed by atoms with van der Waals surface area (Å²) in [4.78, 5) is 0. The van der Waals surface area contributed by atoms with Gasteiger partial charge in [-0.15, -0.1) is 12.4 Å². The maximum absolute atomic E-state index is 12.9. The maximum Gasteiger partial charge on any atom is 0.123 e. The van der Waals surface area contributed by atoms with Crippen molar-refractivity contribution in [2.24, 2.45) is 0 Å². The van der Waals surface area contributed by atoms with Crippen molar-refractivity contribution in [3.8, 4) is 5.75 Å². The molecule has 0 aromatic heterocycles. The van der Waals surface area contributed by atoms with Crippen LogP contribution in [0.15, 0.2) is 48.5 Å². The van der Waals surface area contributed by atoms with Gasteiger partial charge < -0.3 is 10.1 Å². The minimum atomic E-state index is -0.217. The highest BCUT2D eigenvalue weighted by atomic mass is 35.5. The molecule has 0 unspecified atom stereocenters. The molecular formula is C21H27ClFNO. The van der Waals surface area contributed by atoms with Crippen LogP contribution in [0.2, 0.25) is 0 Å². The standard InChI is InChI=1S/C21H26FNO.ClH/c22-19-12-10-17(11-13-19)16-24-21-9-5-6-18(14-21)15-23-20-7-3-1-2-4-8-20;/h5-6,9-14,20,23H,1-4,7-8,15-16H2;1H. The lowest BCUT2D eigenvalue weighted by atomic mass is 10.1. The lowest BCUT2D eigenvalue weighted by Gasteiger charge is -2.16. The Morgan fingerprint density at radius 3 is 2.36 bits per heavy atom. The SMILES string of the molecule is Cl.Fc1ccc(COc2cccc(CNC3CCCCCC3)c2)cc1. The van der Waals surface area contributed by atoms with Gasteiger partial charge in [0.25, 0.3) is 0 Å². The molecule has 0 amide bonds. The molecule has 1 N–H and O–H groups in total. The summed E-state index contributed by atoms with van der Waals surface area (Å²) in [5.74, 6) is 0.643. The van der Waals surface area contributed by atoms with Crippen LogP contribution in [0.4, 0.5) is 4.39 Å². The first kappa shape index (κ1) is 19.7. The second-order valence-corrected chi connectivity index (χ2v) is 6.63. The van der Waals surface area contributed by atoms with Crippen LogP contribution in [0, 0.1) is 5.82 Å². The highest BCUT2D eigenvalue weighted by Gasteiger charge is 2.11. The van der Waals surface area contributed by atoms with Gasteiger partial charge in [-0.2, -0.15) is 0 Å². The molecule has 1 aliphatic carbocycles. The molecule has 2 nitrogen and oxygen atoms in total. The van der Waals surface area contributed by atoms with E-state index in [4.69, 9.17) is 4.74 Å². The third-order valence-electron chi connectivity index (χ3n) is 4.67. The van der Waals surface area contributed by atoms with Gasteiger partial charge in [-0.3, -0.25) is 0 Å². The molecule has 0 saturated heterocycles. The third-order valence-corrected chi connectivity index (χ3v) is 4.67. The van der Waals surface area contributed by atoms with E-state index in [9.17, 15) is 4.39 Å². The number of ether oxygens (including phenoxy) is 1. The molecule has 1 aliphatic rings. The Bertz CT molecular complexity index is 624. The van der Waals surface area contributed by atoms with Gasteiger partial charge >= 0.3 is 0 Å². The van der Waals surface area contributed by atoms with E-state index >= 15 is 0 Å². The topological polar surface area (TPSA) is 21.3 Å². The normalized spacial score (nSPS) is 15.2. The van der Waals surface area contributed by atoms with Gasteiger partial charge in [0.05, 0.1) is 0 Å². The Kier molecular flexibility index (Phi) is 8.23. The molecule has 136 valence electrons. The Morgan fingerprint density at radius 2 is 1.64 bits per heavy atom. The van der Waals surface area contributed by atoms with Gasteiger partial charge in [0.15, 0.2) is 0 Å². The Hall–Kier alpha value is -1.58. The average Bonchev–Trinajstić information content (AvgIpc) is 2.89. The number of hydrogen-bond acceptors (Lipinski definition) is 2. The van der Waals surface area contributed by atoms with E-state index in [0.29, 0.717) is 12.6 Å². The molecule has 0 atom stereocenters. The maximum atomic E-state index is 12.9. The Labute approximate surface area is 156 Å². The van der Waals surface area contributed by atoms with Crippen LogP contribution < -0.4 is 10.1 Å². The minimum absolute atomic E-state index is 0. The smallest absolute Gasteiger partial charge is 0.123 e. The van der Waals surface area contributed by atoms with Crippen LogP contribution in [0.5, 0.6) is 5.75 Å². The lowest BCUT2D eigenvalue weighted by molar-refractivity contribution is 0.305. The fourth-order valence-electron chi connectivity index (χ4n) is 3.24. The van der Waals surface area contributed by atoms with Gasteiger partial charge in [-0.05, 0) is 48.2 Å². The summed E-state index contributed by atoms with van der Waals surface area (Å²) in [7, 11) is 0. The first-order valence-corrected chi connectivity index (χ1v) is 8.99. The quantitative estimate of drug-likeness (QED) is 0.670. The third kappa shape index (κ3) is 6.68. The highest BCUT2D eigenvalue weighted by Crippen LogP contribution is 2.19. The van der Waals surface area contributed by atoms with Gasteiger partial charge in [0.1, 0.15) is 18.2 Å². The summed E-state index contributed by atoms with van der Waals surface area (Å²) in [6.45, 7) is 1.35. The molecule has 4 heteroatoms. The van der Waals surface area contributed by atoms with Crippen molar-refractivity contribution in [2.45, 2.75) is 57.7 Å². The van der Waals surface area contributed by atoms with Crippen LogP contribution in [-0.2, 0) is 13.2 Å². The zero-order valence-electron chi connectivity index (χ0n) is 14.5. The van der Waals surface area contributed by atoms with E-state index in [1.807, 2.05) is 12.1 Å². The second kappa shape index (κ2) is 10.4. The summed E-state index contributed by atoms with van der Waals surface area (Å²) >= 11 is 0. The molecule has 25 heavy (non-hydrogen) atoms. The Morgan fingerprint density at radius 1 is 0.920 bits per heavy atom. The van der Waals surface area contributed by atoms with E-state index in [0.717, 1.165) is 17.9 Å². The molecule has 0 aliphatic heterocycles. The van der Waals surface area contributed by atoms with Gasteiger partial charge in [0, 0.05) is 12.6 Å². The number of rotatable bonds is 6. The number of benzene rings is 2. The molecule has 0 bridgehead atoms. The first-order valence-electron chi connectivity index (χ1n) is 8.99. The van der Waals surface area contributed by atoms with E-state index < -0.39 is 0 Å². The fourth-order valence-corrected chi connectivity index (χ4v) is 3.24. The van der Waals surface area contributed by atoms with E-state index in [2.05, 4.69) is 17.4 Å². The van der Waals surface area contributed by atoms with E-state index in [-0.39, 0.29) is 18.2 Å². The van der Waals surface area contributed by atoms with Crippen LogP contribution in [0.25, 0.3) is 0 Å². The average molecular weight is 364 g/mol. The second-order valence-electron chi connectivity index (χ2n) is 6.63. The molecular weight excluding hydrogens is 337 g/mol. The van der Waals surface area contributed by atoms with Crippen molar-refractivity contribution < 1.29 is 9.13 Å². The van der Waals surface area contributed by atoms with E-state index in [1.54, 1.807) is 12.1 Å². The molecule has 1 fully saturated rings. The van der Waals surface area contributed by atoms with Gasteiger partial charge in [-0.25, -0.2) is 4.39 Å². The van der Waals surface area contributed by atoms with Crippen LogP contribution >= 0.6 is 12.4 Å². The molecule has 3 rings (SSSR count). The van der Waals surface area contributed by atoms with Crippen molar-refractivity contribution in [1.82, 2.24) is 5.32 Å². The van der Waals surface area contributed by atoms with E-state index in [1.165, 1.54) is 56.2 Å². The number of hydrogen-bond donors (Lipinski definition) is 1. The number of nitrogens with one attached hydrogen (secondary N) is 1. The molecule has 2 aromatic rings. The Balaban J connectivity index is 0.00000225. The highest BCUT2D eigenvalue weighted by molar-refractivity contribution is 5.85. The molecule has 0 radical (unpaired) electrons. The monoisotopic (exact) mass is 363 g/mol. The first-order chi connectivity index (χ1) is 11.8. The van der Waals surface area contributed by atoms with Crippen LogP contribution in [-0.4, -0.2) is 6.04 Å². The molecule has 2 aromatic carbocycles. The summed E-state index contributed by atoms with van der Waals surface area (Å²) in [5.41, 5.74) is 2.22. The zero-order valence-corrected chi connectivity index (χ0v) is 15.4. The van der Waals surface area contributed by atoms with Crippen molar-refractivity contribution in [3.63, 3.8) is 0 Å². The number of halogens is 2. The van der Waals surface area contributed by atoms with Gasteiger partial charge in [-0.1, -0.05) is 49.9 Å². The summed E-state index contributed by atoms with van der Waals surface area (Å²) in [6, 6.07) is 15.3. The van der Waals surface area contributed by atoms with Gasteiger partial charge in [0.2, 0.25) is 0 Å². The van der Waals surface area contributed by atoms with Crippen LogP contribution in [0.1, 0.15) is 49.7 Å². The molecule has 1 saturated carbocycles. The predicted octanol–water partition coefficient (Wildman–Crippen LogP) is 5.64. The van der Waals surface area contributed by atoms with Crippen molar-refractivity contribution >= 4 is 12.4 Å². The predicted molar refractivity (Wildman–Crippen MR) is 103 cm³/mol. The zero-order chi connectivity index (χ0) is 16.6. The largest absolute Gasteiger partial charge is 0.489 e.